The molecule has 1 heterocycles. The Morgan fingerprint density at radius 3 is 2.58 bits per heavy atom. The Morgan fingerprint density at radius 1 is 1.23 bits per heavy atom. The number of aliphatic hydroxyl groups excluding tert-OH is 1. The number of carbonyl (C=O) groups excluding carboxylic acids is 2. The minimum Gasteiger partial charge on any atom is -0.494 e. The molecule has 2 aromatic carbocycles. The number of carbonyl (C=O) groups is 2. The molecule has 0 aliphatic carbocycles. The van der Waals surface area contributed by atoms with Gasteiger partial charge in [-0.05, 0) is 67.2 Å². The smallest absolute Gasteiger partial charge is 0.247 e. The summed E-state index contributed by atoms with van der Waals surface area (Å²) in [4.78, 5) is 26.1. The first kappa shape index (κ1) is 22.6. The summed E-state index contributed by atoms with van der Waals surface area (Å²) in [6.07, 6.45) is 2.47. The minimum atomic E-state index is -0.543. The van der Waals surface area contributed by atoms with Crippen LogP contribution in [-0.2, 0) is 16.0 Å². The first-order chi connectivity index (χ1) is 15.0. The lowest BCUT2D eigenvalue weighted by Crippen LogP contribution is -2.40. The summed E-state index contributed by atoms with van der Waals surface area (Å²) in [6, 6.07) is 14.9. The van der Waals surface area contributed by atoms with Crippen LogP contribution in [0.5, 0.6) is 5.75 Å². The Kier molecular flexibility index (Phi) is 7.84. The van der Waals surface area contributed by atoms with Gasteiger partial charge in [-0.2, -0.15) is 0 Å². The molecule has 0 radical (unpaired) electrons. The summed E-state index contributed by atoms with van der Waals surface area (Å²) in [5.41, 5.74) is 2.38. The number of piperidine rings is 1. The van der Waals surface area contributed by atoms with E-state index in [1.165, 1.54) is 6.08 Å². The van der Waals surface area contributed by atoms with Crippen LogP contribution in [0.25, 0.3) is 0 Å². The van der Waals surface area contributed by atoms with Gasteiger partial charge in [-0.15, -0.1) is 0 Å². The fraction of sp³-hybridized carbons (Fsp3) is 0.360. The van der Waals surface area contributed by atoms with Crippen molar-refractivity contribution in [3.05, 3.63) is 72.3 Å². The highest BCUT2D eigenvalue weighted by Gasteiger charge is 2.28. The van der Waals surface area contributed by atoms with Crippen LogP contribution in [0.15, 0.2) is 61.2 Å². The standard InChI is InChI=1S/C25H30N2O4/c1-3-23(28)26-21-7-5-6-18(16-21)17-24(29)27-14-12-20(13-15-27)25(30)19-8-10-22(11-9-19)31-4-2/h3,5-11,16,20,25,30H,1,4,12-15,17H2,2H3,(H,26,28). The van der Waals surface area contributed by atoms with Crippen LogP contribution in [-0.4, -0.2) is 41.5 Å². The highest BCUT2D eigenvalue weighted by atomic mass is 16.5. The van der Waals surface area contributed by atoms with E-state index in [1.807, 2.05) is 54.3 Å². The Labute approximate surface area is 183 Å². The number of rotatable bonds is 8. The second-order valence-electron chi connectivity index (χ2n) is 7.74. The SMILES string of the molecule is C=CC(=O)Nc1cccc(CC(=O)N2CCC(C(O)c3ccc(OCC)cc3)CC2)c1. The third kappa shape index (κ3) is 6.18. The lowest BCUT2D eigenvalue weighted by Gasteiger charge is -2.34. The van der Waals surface area contributed by atoms with Crippen LogP contribution in [0.2, 0.25) is 0 Å². The monoisotopic (exact) mass is 422 g/mol. The van der Waals surface area contributed by atoms with Crippen molar-refractivity contribution in [1.29, 1.82) is 0 Å². The summed E-state index contributed by atoms with van der Waals surface area (Å²) < 4.78 is 5.46. The molecular formula is C25H30N2O4. The Morgan fingerprint density at radius 2 is 1.94 bits per heavy atom. The maximum absolute atomic E-state index is 12.7. The molecule has 1 saturated heterocycles. The van der Waals surface area contributed by atoms with Gasteiger partial charge >= 0.3 is 0 Å². The fourth-order valence-corrected chi connectivity index (χ4v) is 3.90. The molecule has 0 spiro atoms. The molecule has 0 aromatic heterocycles. The van der Waals surface area contributed by atoms with Crippen LogP contribution in [0.3, 0.4) is 0 Å². The molecule has 2 aromatic rings. The molecule has 0 saturated carbocycles. The molecule has 1 fully saturated rings. The van der Waals surface area contributed by atoms with E-state index in [1.54, 1.807) is 6.07 Å². The van der Waals surface area contributed by atoms with E-state index < -0.39 is 6.10 Å². The molecular weight excluding hydrogens is 392 g/mol. The third-order valence-corrected chi connectivity index (χ3v) is 5.61. The van der Waals surface area contributed by atoms with Crippen molar-refractivity contribution >= 4 is 17.5 Å². The molecule has 1 atom stereocenters. The van der Waals surface area contributed by atoms with Gasteiger partial charge in [0.05, 0.1) is 19.1 Å². The van der Waals surface area contributed by atoms with Gasteiger partial charge < -0.3 is 20.1 Å². The van der Waals surface area contributed by atoms with Crippen molar-refractivity contribution in [3.8, 4) is 5.75 Å². The topological polar surface area (TPSA) is 78.9 Å². The van der Waals surface area contributed by atoms with Crippen LogP contribution < -0.4 is 10.1 Å². The lowest BCUT2D eigenvalue weighted by molar-refractivity contribution is -0.132. The molecule has 3 rings (SSSR count). The number of anilines is 1. The van der Waals surface area contributed by atoms with E-state index in [4.69, 9.17) is 4.74 Å². The van der Waals surface area contributed by atoms with E-state index in [2.05, 4.69) is 11.9 Å². The number of likely N-dealkylation sites (tertiary alicyclic amines) is 1. The van der Waals surface area contributed by atoms with Crippen molar-refractivity contribution in [2.75, 3.05) is 25.0 Å². The molecule has 1 aliphatic heterocycles. The van der Waals surface area contributed by atoms with Crippen molar-refractivity contribution in [2.45, 2.75) is 32.3 Å². The first-order valence-corrected chi connectivity index (χ1v) is 10.7. The number of nitrogens with one attached hydrogen (secondary N) is 1. The van der Waals surface area contributed by atoms with E-state index in [-0.39, 0.29) is 24.2 Å². The molecule has 1 aliphatic rings. The second-order valence-corrected chi connectivity index (χ2v) is 7.74. The highest BCUT2D eigenvalue weighted by Crippen LogP contribution is 2.31. The predicted octanol–water partition coefficient (Wildman–Crippen LogP) is 3.72. The van der Waals surface area contributed by atoms with Gasteiger partial charge in [0.2, 0.25) is 11.8 Å². The Bertz CT molecular complexity index is 902. The largest absolute Gasteiger partial charge is 0.494 e. The van der Waals surface area contributed by atoms with Crippen molar-refractivity contribution in [3.63, 3.8) is 0 Å². The summed E-state index contributed by atoms with van der Waals surface area (Å²) in [5, 5.41) is 13.5. The number of amides is 2. The average Bonchev–Trinajstić information content (AvgIpc) is 2.79. The number of hydrogen-bond donors (Lipinski definition) is 2. The highest BCUT2D eigenvalue weighted by molar-refractivity contribution is 5.98. The zero-order valence-electron chi connectivity index (χ0n) is 17.9. The van der Waals surface area contributed by atoms with Crippen molar-refractivity contribution in [2.24, 2.45) is 5.92 Å². The molecule has 0 bridgehead atoms. The summed E-state index contributed by atoms with van der Waals surface area (Å²) in [5.74, 6) is 0.698. The molecule has 2 N–H and O–H groups in total. The van der Waals surface area contributed by atoms with Gasteiger partial charge in [-0.1, -0.05) is 30.8 Å². The third-order valence-electron chi connectivity index (χ3n) is 5.61. The van der Waals surface area contributed by atoms with Gasteiger partial charge in [0.15, 0.2) is 0 Å². The van der Waals surface area contributed by atoms with E-state index in [0.29, 0.717) is 25.4 Å². The van der Waals surface area contributed by atoms with Crippen LogP contribution in [0, 0.1) is 5.92 Å². The van der Waals surface area contributed by atoms with Crippen LogP contribution in [0.1, 0.15) is 37.0 Å². The van der Waals surface area contributed by atoms with E-state index in [9.17, 15) is 14.7 Å². The predicted molar refractivity (Wildman–Crippen MR) is 121 cm³/mol. The van der Waals surface area contributed by atoms with Gasteiger partial charge in [0.1, 0.15) is 5.75 Å². The molecule has 31 heavy (non-hydrogen) atoms. The zero-order chi connectivity index (χ0) is 22.2. The van der Waals surface area contributed by atoms with Crippen molar-refractivity contribution < 1.29 is 19.4 Å². The maximum Gasteiger partial charge on any atom is 0.247 e. The lowest BCUT2D eigenvalue weighted by atomic mass is 9.87. The zero-order valence-corrected chi connectivity index (χ0v) is 17.9. The normalized spacial score (nSPS) is 15.2. The average molecular weight is 423 g/mol. The fourth-order valence-electron chi connectivity index (χ4n) is 3.90. The number of hydrogen-bond acceptors (Lipinski definition) is 4. The van der Waals surface area contributed by atoms with Gasteiger partial charge in [-0.3, -0.25) is 9.59 Å². The molecule has 6 nitrogen and oxygen atoms in total. The van der Waals surface area contributed by atoms with Gasteiger partial charge in [0, 0.05) is 18.8 Å². The van der Waals surface area contributed by atoms with E-state index >= 15 is 0 Å². The van der Waals surface area contributed by atoms with E-state index in [0.717, 1.165) is 29.7 Å². The van der Waals surface area contributed by atoms with Crippen LogP contribution in [0.4, 0.5) is 5.69 Å². The first-order valence-electron chi connectivity index (χ1n) is 10.7. The molecule has 2 amide bonds. The van der Waals surface area contributed by atoms with Crippen LogP contribution >= 0.6 is 0 Å². The van der Waals surface area contributed by atoms with Crippen molar-refractivity contribution in [1.82, 2.24) is 4.90 Å². The second kappa shape index (κ2) is 10.8. The molecule has 6 heteroatoms. The molecule has 1 unspecified atom stereocenters. The molecule has 164 valence electrons. The maximum atomic E-state index is 12.7. The summed E-state index contributed by atoms with van der Waals surface area (Å²) in [6.45, 7) is 7.25. The van der Waals surface area contributed by atoms with Gasteiger partial charge in [0.25, 0.3) is 0 Å². The quantitative estimate of drug-likeness (QED) is 0.636. The summed E-state index contributed by atoms with van der Waals surface area (Å²) in [7, 11) is 0. The Hall–Kier alpha value is -3.12. The summed E-state index contributed by atoms with van der Waals surface area (Å²) >= 11 is 0. The number of nitrogens with zero attached hydrogens (tertiary/aromatic N) is 1. The Balaban J connectivity index is 1.52. The number of ether oxygens (including phenoxy) is 1. The minimum absolute atomic E-state index is 0.0567. The van der Waals surface area contributed by atoms with Gasteiger partial charge in [-0.25, -0.2) is 0 Å². The number of aliphatic hydroxyl groups is 1. The number of benzene rings is 2.